The third-order valence-electron chi connectivity index (χ3n) is 3.22. The summed E-state index contributed by atoms with van der Waals surface area (Å²) in [5, 5.41) is 0.875. The van der Waals surface area contributed by atoms with E-state index in [4.69, 9.17) is 9.47 Å². The highest BCUT2D eigenvalue weighted by Gasteiger charge is 2.19. The molecule has 106 valence electrons. The van der Waals surface area contributed by atoms with Gasteiger partial charge < -0.3 is 14.4 Å². The van der Waals surface area contributed by atoms with Gasteiger partial charge in [-0.15, -0.1) is 0 Å². The molecule has 0 amide bonds. The molecule has 0 bridgehead atoms. The van der Waals surface area contributed by atoms with Crippen LogP contribution in [0.5, 0.6) is 0 Å². The van der Waals surface area contributed by atoms with E-state index in [1.807, 2.05) is 7.05 Å². The molecule has 1 saturated heterocycles. The van der Waals surface area contributed by atoms with Gasteiger partial charge in [-0.1, -0.05) is 11.3 Å². The number of thiazole rings is 1. The van der Waals surface area contributed by atoms with Crippen LogP contribution in [0.15, 0.2) is 0 Å². The number of hydrogen-bond acceptors (Lipinski definition) is 6. The van der Waals surface area contributed by atoms with E-state index in [0.29, 0.717) is 17.4 Å². The van der Waals surface area contributed by atoms with E-state index in [9.17, 15) is 4.79 Å². The van der Waals surface area contributed by atoms with Crippen LogP contribution < -0.4 is 4.90 Å². The Bertz CT molecular complexity index is 416. The topological polar surface area (TPSA) is 51.7 Å². The Morgan fingerprint density at radius 2 is 2.47 bits per heavy atom. The van der Waals surface area contributed by atoms with Crippen molar-refractivity contribution >= 4 is 22.8 Å². The molecule has 5 nitrogen and oxygen atoms in total. The summed E-state index contributed by atoms with van der Waals surface area (Å²) in [6, 6.07) is 0. The number of hydrogen-bond donors (Lipinski definition) is 0. The van der Waals surface area contributed by atoms with Gasteiger partial charge in [0, 0.05) is 27.3 Å². The van der Waals surface area contributed by atoms with E-state index in [1.165, 1.54) is 17.8 Å². The number of anilines is 1. The maximum Gasteiger partial charge on any atom is 0.186 e. The number of methoxy groups -OCH3 is 1. The van der Waals surface area contributed by atoms with Gasteiger partial charge in [0.15, 0.2) is 11.4 Å². The van der Waals surface area contributed by atoms with Crippen molar-refractivity contribution < 1.29 is 14.3 Å². The largest absolute Gasteiger partial charge is 0.381 e. The van der Waals surface area contributed by atoms with Gasteiger partial charge in [0.25, 0.3) is 0 Å². The van der Waals surface area contributed by atoms with Crippen LogP contribution in [0.25, 0.3) is 0 Å². The molecule has 0 spiro atoms. The summed E-state index contributed by atoms with van der Waals surface area (Å²) in [5.74, 6) is 0.549. The second-order valence-corrected chi connectivity index (χ2v) is 5.83. The number of aromatic nitrogens is 1. The van der Waals surface area contributed by atoms with Crippen molar-refractivity contribution in [3.05, 3.63) is 10.6 Å². The third-order valence-corrected chi connectivity index (χ3v) is 4.35. The normalized spacial score (nSPS) is 19.4. The molecule has 6 heteroatoms. The Kier molecular flexibility index (Phi) is 5.30. The fraction of sp³-hybridized carbons (Fsp3) is 0.692. The van der Waals surface area contributed by atoms with Crippen LogP contribution in [0.4, 0.5) is 5.13 Å². The monoisotopic (exact) mass is 284 g/mol. The molecule has 1 aliphatic rings. The van der Waals surface area contributed by atoms with E-state index in [2.05, 4.69) is 9.88 Å². The lowest BCUT2D eigenvalue weighted by Gasteiger charge is -2.26. The van der Waals surface area contributed by atoms with Crippen molar-refractivity contribution in [3.63, 3.8) is 0 Å². The molecule has 1 atom stereocenters. The number of carbonyl (C=O) groups is 1. The molecule has 2 rings (SSSR count). The zero-order valence-electron chi connectivity index (χ0n) is 11.4. The van der Waals surface area contributed by atoms with Crippen molar-refractivity contribution in [2.45, 2.75) is 19.4 Å². The summed E-state index contributed by atoms with van der Waals surface area (Å²) >= 11 is 1.42. The Morgan fingerprint density at radius 1 is 1.63 bits per heavy atom. The molecule has 0 aromatic carbocycles. The number of rotatable bonds is 6. The number of carbonyl (C=O) groups excluding carboxylic acids is 1. The number of ether oxygens (including phenoxy) is 2. The number of nitrogens with zero attached hydrogens (tertiary/aromatic N) is 2. The second kappa shape index (κ2) is 6.98. The van der Waals surface area contributed by atoms with Gasteiger partial charge in [-0.25, -0.2) is 4.98 Å². The van der Waals surface area contributed by atoms with E-state index in [-0.39, 0.29) is 0 Å². The molecule has 1 fully saturated rings. The standard InChI is InChI=1S/C13H20N2O3S/c1-15(6-10-4-3-5-18-8-10)13-14-11(9-17-2)12(7-16)19-13/h7,10H,3-6,8-9H2,1-2H3. The first kappa shape index (κ1) is 14.4. The second-order valence-electron chi connectivity index (χ2n) is 4.82. The highest BCUT2D eigenvalue weighted by atomic mass is 32.1. The Labute approximate surface area is 117 Å². The molecule has 1 aromatic heterocycles. The van der Waals surface area contributed by atoms with Crippen LogP contribution in [-0.4, -0.2) is 45.2 Å². The summed E-state index contributed by atoms with van der Waals surface area (Å²) in [5.41, 5.74) is 0.726. The molecule has 2 heterocycles. The maximum atomic E-state index is 11.0. The fourth-order valence-electron chi connectivity index (χ4n) is 2.26. The van der Waals surface area contributed by atoms with Gasteiger partial charge in [0.1, 0.15) is 0 Å². The molecule has 1 aliphatic heterocycles. The van der Waals surface area contributed by atoms with Crippen LogP contribution in [0.2, 0.25) is 0 Å². The predicted octanol–water partition coefficient (Wildman–Crippen LogP) is 1.96. The Hall–Kier alpha value is -0.980. The molecule has 1 aromatic rings. The molecule has 19 heavy (non-hydrogen) atoms. The van der Waals surface area contributed by atoms with Crippen LogP contribution in [0.1, 0.15) is 28.2 Å². The smallest absolute Gasteiger partial charge is 0.186 e. The summed E-state index contributed by atoms with van der Waals surface area (Å²) in [7, 11) is 3.62. The third kappa shape index (κ3) is 3.75. The van der Waals surface area contributed by atoms with Crippen LogP contribution in [0.3, 0.4) is 0 Å². The van der Waals surface area contributed by atoms with Crippen molar-refractivity contribution in [2.24, 2.45) is 5.92 Å². The van der Waals surface area contributed by atoms with E-state index in [0.717, 1.165) is 43.3 Å². The van der Waals surface area contributed by atoms with Crippen molar-refractivity contribution in [1.29, 1.82) is 0 Å². The molecule has 0 radical (unpaired) electrons. The van der Waals surface area contributed by atoms with Gasteiger partial charge in [-0.05, 0) is 18.8 Å². The zero-order chi connectivity index (χ0) is 13.7. The van der Waals surface area contributed by atoms with Crippen LogP contribution in [0, 0.1) is 5.92 Å². The molecule has 0 aliphatic carbocycles. The zero-order valence-corrected chi connectivity index (χ0v) is 12.2. The first-order chi connectivity index (χ1) is 9.24. The minimum atomic E-state index is 0.380. The summed E-state index contributed by atoms with van der Waals surface area (Å²) < 4.78 is 10.5. The average Bonchev–Trinajstić information content (AvgIpc) is 2.83. The Balaban J connectivity index is 2.01. The molecule has 0 saturated carbocycles. The molecular weight excluding hydrogens is 264 g/mol. The molecule has 1 unspecified atom stereocenters. The summed E-state index contributed by atoms with van der Waals surface area (Å²) in [6.45, 7) is 3.00. The van der Waals surface area contributed by atoms with E-state index in [1.54, 1.807) is 7.11 Å². The minimum absolute atomic E-state index is 0.380. The molecular formula is C13H20N2O3S. The van der Waals surface area contributed by atoms with Gasteiger partial charge in [0.05, 0.1) is 23.8 Å². The van der Waals surface area contributed by atoms with Crippen LogP contribution in [-0.2, 0) is 16.1 Å². The first-order valence-electron chi connectivity index (χ1n) is 6.47. The summed E-state index contributed by atoms with van der Waals surface area (Å²) in [6.07, 6.45) is 3.18. The highest BCUT2D eigenvalue weighted by Crippen LogP contribution is 2.26. The lowest BCUT2D eigenvalue weighted by Crippen LogP contribution is -2.30. The fourth-order valence-corrected chi connectivity index (χ4v) is 3.12. The Morgan fingerprint density at radius 3 is 3.11 bits per heavy atom. The van der Waals surface area contributed by atoms with E-state index < -0.39 is 0 Å². The lowest BCUT2D eigenvalue weighted by molar-refractivity contribution is 0.0576. The number of aldehydes is 1. The first-order valence-corrected chi connectivity index (χ1v) is 7.29. The highest BCUT2D eigenvalue weighted by molar-refractivity contribution is 7.17. The van der Waals surface area contributed by atoms with Crippen LogP contribution >= 0.6 is 11.3 Å². The van der Waals surface area contributed by atoms with Gasteiger partial charge >= 0.3 is 0 Å². The van der Waals surface area contributed by atoms with Gasteiger partial charge in [-0.2, -0.15) is 0 Å². The minimum Gasteiger partial charge on any atom is -0.381 e. The van der Waals surface area contributed by atoms with Gasteiger partial charge in [-0.3, -0.25) is 4.79 Å². The average molecular weight is 284 g/mol. The lowest BCUT2D eigenvalue weighted by atomic mass is 10.0. The van der Waals surface area contributed by atoms with Gasteiger partial charge in [0.2, 0.25) is 0 Å². The maximum absolute atomic E-state index is 11.0. The summed E-state index contributed by atoms with van der Waals surface area (Å²) in [4.78, 5) is 18.3. The predicted molar refractivity (Wildman–Crippen MR) is 75.0 cm³/mol. The van der Waals surface area contributed by atoms with Crippen molar-refractivity contribution in [1.82, 2.24) is 4.98 Å². The quantitative estimate of drug-likeness (QED) is 0.748. The van der Waals surface area contributed by atoms with E-state index >= 15 is 0 Å². The molecule has 0 N–H and O–H groups in total. The van der Waals surface area contributed by atoms with Crippen molar-refractivity contribution in [2.75, 3.05) is 38.8 Å². The SMILES string of the molecule is COCc1nc(N(C)CC2CCCOC2)sc1C=O. The van der Waals surface area contributed by atoms with Crippen molar-refractivity contribution in [3.8, 4) is 0 Å².